The number of esters is 2. The monoisotopic (exact) mass is 1030 g/mol. The van der Waals surface area contributed by atoms with Crippen LogP contribution in [0.15, 0.2) is 60.8 Å². The molecule has 0 heterocycles. The van der Waals surface area contributed by atoms with Crippen molar-refractivity contribution in [3.63, 3.8) is 0 Å². The normalized spacial score (nSPS) is 12.5. The number of ether oxygens (including phenoxy) is 2. The number of carbonyl (C=O) groups is 2. The minimum atomic E-state index is -0.772. The first-order chi connectivity index (χ1) is 36.6. The summed E-state index contributed by atoms with van der Waals surface area (Å²) in [6, 6.07) is 0. The molecule has 1 atom stereocenters. The molecule has 0 aliphatic carbocycles. The van der Waals surface area contributed by atoms with E-state index in [1.807, 2.05) is 0 Å². The van der Waals surface area contributed by atoms with Crippen LogP contribution >= 0.6 is 0 Å². The van der Waals surface area contributed by atoms with Gasteiger partial charge in [-0.1, -0.05) is 319 Å². The minimum absolute atomic E-state index is 0.0617. The predicted molar refractivity (Wildman–Crippen MR) is 325 cm³/mol. The van der Waals surface area contributed by atoms with E-state index < -0.39 is 6.10 Å². The second-order valence-electron chi connectivity index (χ2n) is 22.2. The van der Waals surface area contributed by atoms with Gasteiger partial charge in [0.1, 0.15) is 6.61 Å². The maximum absolute atomic E-state index is 12.3. The summed E-state index contributed by atoms with van der Waals surface area (Å²) in [4.78, 5) is 24.6. The highest BCUT2D eigenvalue weighted by Crippen LogP contribution is 2.18. The van der Waals surface area contributed by atoms with Crippen molar-refractivity contribution in [2.75, 3.05) is 13.2 Å². The van der Waals surface area contributed by atoms with Gasteiger partial charge in [-0.2, -0.15) is 0 Å². The van der Waals surface area contributed by atoms with E-state index in [4.69, 9.17) is 9.47 Å². The van der Waals surface area contributed by atoms with E-state index in [1.165, 1.54) is 257 Å². The smallest absolute Gasteiger partial charge is 0.306 e. The van der Waals surface area contributed by atoms with E-state index in [0.29, 0.717) is 12.8 Å². The third kappa shape index (κ3) is 62.1. The number of allylic oxidation sites excluding steroid dienone is 10. The van der Waals surface area contributed by atoms with Crippen LogP contribution in [-0.2, 0) is 19.1 Å². The highest BCUT2D eigenvalue weighted by molar-refractivity contribution is 5.70. The Balaban J connectivity index is 3.41. The van der Waals surface area contributed by atoms with Crippen LogP contribution in [-0.4, -0.2) is 36.4 Å². The Hall–Kier alpha value is -2.40. The van der Waals surface area contributed by atoms with Crippen molar-refractivity contribution in [3.8, 4) is 0 Å². The van der Waals surface area contributed by atoms with Crippen molar-refractivity contribution in [2.45, 2.75) is 354 Å². The van der Waals surface area contributed by atoms with E-state index in [1.54, 1.807) is 0 Å². The average molecular weight is 1040 g/mol. The van der Waals surface area contributed by atoms with Crippen molar-refractivity contribution in [2.24, 2.45) is 0 Å². The summed E-state index contributed by atoms with van der Waals surface area (Å²) in [5, 5.41) is 9.69. The van der Waals surface area contributed by atoms with Gasteiger partial charge in [0.25, 0.3) is 0 Å². The number of aliphatic hydroxyl groups excluding tert-OH is 1. The summed E-state index contributed by atoms with van der Waals surface area (Å²) in [7, 11) is 0. The van der Waals surface area contributed by atoms with Crippen LogP contribution in [0, 0.1) is 0 Å². The fourth-order valence-electron chi connectivity index (χ4n) is 9.90. The maximum Gasteiger partial charge on any atom is 0.306 e. The Bertz CT molecular complexity index is 1260. The molecule has 0 radical (unpaired) electrons. The first-order valence-corrected chi connectivity index (χ1v) is 32.8. The van der Waals surface area contributed by atoms with E-state index in [2.05, 4.69) is 74.6 Å². The van der Waals surface area contributed by atoms with Crippen molar-refractivity contribution < 1.29 is 24.2 Å². The number of hydrogen-bond donors (Lipinski definition) is 1. The number of carbonyl (C=O) groups excluding carboxylic acids is 2. The zero-order chi connectivity index (χ0) is 53.4. The van der Waals surface area contributed by atoms with E-state index in [0.717, 1.165) is 64.2 Å². The van der Waals surface area contributed by atoms with Crippen LogP contribution in [0.4, 0.5) is 0 Å². The summed E-state index contributed by atoms with van der Waals surface area (Å²) >= 11 is 0. The Morgan fingerprint density at radius 1 is 0.324 bits per heavy atom. The lowest BCUT2D eigenvalue weighted by Crippen LogP contribution is -2.28. The van der Waals surface area contributed by atoms with Gasteiger partial charge in [0.05, 0.1) is 6.61 Å². The fraction of sp³-hybridized carbons (Fsp3) is 0.826. The predicted octanol–water partition coefficient (Wildman–Crippen LogP) is 22.5. The van der Waals surface area contributed by atoms with E-state index >= 15 is 0 Å². The lowest BCUT2D eigenvalue weighted by atomic mass is 10.0. The second kappa shape index (κ2) is 64.9. The van der Waals surface area contributed by atoms with Gasteiger partial charge in [-0.15, -0.1) is 0 Å². The van der Waals surface area contributed by atoms with E-state index in [-0.39, 0.29) is 25.2 Å². The van der Waals surface area contributed by atoms with Gasteiger partial charge >= 0.3 is 11.9 Å². The van der Waals surface area contributed by atoms with Crippen LogP contribution in [0.3, 0.4) is 0 Å². The van der Waals surface area contributed by atoms with Gasteiger partial charge in [-0.3, -0.25) is 9.59 Å². The lowest BCUT2D eigenvalue weighted by molar-refractivity contribution is -0.161. The Kier molecular flexibility index (Phi) is 62.8. The minimum Gasteiger partial charge on any atom is -0.462 e. The highest BCUT2D eigenvalue weighted by Gasteiger charge is 2.16. The maximum atomic E-state index is 12.3. The van der Waals surface area contributed by atoms with Crippen molar-refractivity contribution in [1.29, 1.82) is 0 Å². The van der Waals surface area contributed by atoms with Crippen LogP contribution in [0.1, 0.15) is 348 Å². The molecule has 432 valence electrons. The first-order valence-electron chi connectivity index (χ1n) is 32.8. The van der Waals surface area contributed by atoms with Crippen LogP contribution in [0.2, 0.25) is 0 Å². The highest BCUT2D eigenvalue weighted by atomic mass is 16.6. The molecule has 74 heavy (non-hydrogen) atoms. The molecule has 5 heteroatoms. The molecule has 0 aliphatic heterocycles. The Labute approximate surface area is 461 Å². The molecule has 1 unspecified atom stereocenters. The molecular formula is C69H126O5. The zero-order valence-corrected chi connectivity index (χ0v) is 49.6. The number of rotatable bonds is 61. The third-order valence-corrected chi connectivity index (χ3v) is 14.8. The van der Waals surface area contributed by atoms with Crippen molar-refractivity contribution in [1.82, 2.24) is 0 Å². The quantitative estimate of drug-likeness (QED) is 0.0373. The van der Waals surface area contributed by atoms with Gasteiger partial charge in [0.2, 0.25) is 0 Å². The molecule has 0 aromatic rings. The van der Waals surface area contributed by atoms with Gasteiger partial charge in [0.15, 0.2) is 6.10 Å². The zero-order valence-electron chi connectivity index (χ0n) is 49.6. The molecule has 0 aromatic carbocycles. The molecule has 0 bridgehead atoms. The number of aliphatic hydroxyl groups is 1. The first kappa shape index (κ1) is 71.6. The topological polar surface area (TPSA) is 72.8 Å². The molecule has 0 spiro atoms. The third-order valence-electron chi connectivity index (χ3n) is 14.8. The standard InChI is InChI=1S/C69H126O5/c1-3-5-7-9-11-13-15-17-19-21-23-25-27-29-31-33-34-36-38-40-42-44-46-48-50-52-54-56-58-60-62-64-69(72)74-67(65-70)66-73-68(71)63-61-59-57-55-53-51-49-47-45-43-41-39-37-35-32-30-28-26-24-22-20-18-16-14-12-10-8-6-4-2/h5,7,11,13,17,19,22-25,67,70H,3-4,6,8-10,12,14-16,18,20-21,26-66H2,1-2H3/b7-5-,13-11-,19-17-,24-22-,25-23-. The summed E-state index contributed by atoms with van der Waals surface area (Å²) in [6.45, 7) is 4.08. The van der Waals surface area contributed by atoms with Crippen molar-refractivity contribution >= 4 is 11.9 Å². The SMILES string of the molecule is CC/C=C\C/C=C\C/C=C\C/C=C\CCCCCCCCCCCCCCCCCCCCC(=O)OC(CO)COC(=O)CCCCCCCCCCCCCCCCCCC/C=C\CCCCCCCCCC. The largest absolute Gasteiger partial charge is 0.462 e. The second-order valence-corrected chi connectivity index (χ2v) is 22.2. The van der Waals surface area contributed by atoms with Gasteiger partial charge in [0, 0.05) is 12.8 Å². The van der Waals surface area contributed by atoms with Gasteiger partial charge < -0.3 is 14.6 Å². The Morgan fingerprint density at radius 3 is 0.892 bits per heavy atom. The summed E-state index contributed by atoms with van der Waals surface area (Å²) in [5.41, 5.74) is 0. The van der Waals surface area contributed by atoms with E-state index in [9.17, 15) is 14.7 Å². The summed E-state index contributed by atoms with van der Waals surface area (Å²) in [6.07, 6.45) is 88.1. The van der Waals surface area contributed by atoms with Gasteiger partial charge in [-0.25, -0.2) is 0 Å². The fourth-order valence-corrected chi connectivity index (χ4v) is 9.90. The molecule has 0 aromatic heterocycles. The summed E-state index contributed by atoms with van der Waals surface area (Å²) in [5.74, 6) is -0.572. The van der Waals surface area contributed by atoms with Crippen molar-refractivity contribution in [3.05, 3.63) is 60.8 Å². The molecule has 0 aliphatic rings. The van der Waals surface area contributed by atoms with Gasteiger partial charge in [-0.05, 0) is 77.0 Å². The van der Waals surface area contributed by atoms with Crippen LogP contribution < -0.4 is 0 Å². The van der Waals surface area contributed by atoms with Crippen LogP contribution in [0.25, 0.3) is 0 Å². The Morgan fingerprint density at radius 2 is 0.581 bits per heavy atom. The molecule has 0 saturated heterocycles. The molecule has 0 saturated carbocycles. The number of hydrogen-bond acceptors (Lipinski definition) is 5. The van der Waals surface area contributed by atoms with Crippen LogP contribution in [0.5, 0.6) is 0 Å². The molecule has 0 amide bonds. The summed E-state index contributed by atoms with van der Waals surface area (Å²) < 4.78 is 10.8. The molecular weight excluding hydrogens is 909 g/mol. The molecule has 0 rings (SSSR count). The average Bonchev–Trinajstić information content (AvgIpc) is 3.40. The lowest BCUT2D eigenvalue weighted by Gasteiger charge is -2.15. The molecule has 5 nitrogen and oxygen atoms in total. The molecule has 0 fully saturated rings. The molecule has 1 N–H and O–H groups in total. The number of unbranched alkanes of at least 4 members (excludes halogenated alkanes) is 43.